The average Bonchev–Trinajstić information content (AvgIpc) is 1.51. The van der Waals surface area contributed by atoms with Crippen molar-refractivity contribution in [1.82, 2.24) is 0 Å². The van der Waals surface area contributed by atoms with Gasteiger partial charge in [0.2, 0.25) is 0 Å². The van der Waals surface area contributed by atoms with E-state index in [-0.39, 0.29) is 101 Å². The molecule has 0 aromatic heterocycles. The highest BCUT2D eigenvalue weighted by molar-refractivity contribution is 6.78. The maximum Gasteiger partial charge on any atom is 0.311 e. The number of rotatable bonds is 24. The lowest BCUT2D eigenvalue weighted by atomic mass is 9.73. The Kier molecular flexibility index (Phi) is 47.4. The number of hydrogen-bond acceptors (Lipinski definition) is 22. The van der Waals surface area contributed by atoms with Crippen LogP contribution in [0, 0.1) is 34.0 Å². The van der Waals surface area contributed by atoms with Crippen LogP contribution in [0.3, 0.4) is 0 Å². The first-order valence-electron chi connectivity index (χ1n) is 41.4. The first kappa shape index (κ1) is 105. The van der Waals surface area contributed by atoms with Crippen LogP contribution in [0.5, 0.6) is 0 Å². The zero-order valence-electron chi connectivity index (χ0n) is 72.6. The van der Waals surface area contributed by atoms with E-state index in [1.165, 1.54) is 0 Å². The molecule has 0 amide bonds. The summed E-state index contributed by atoms with van der Waals surface area (Å²) in [6.07, 6.45) is 16.0. The quantitative estimate of drug-likeness (QED) is 0.0340. The molecule has 2 aliphatic heterocycles. The van der Waals surface area contributed by atoms with E-state index in [1.54, 1.807) is 0 Å². The van der Waals surface area contributed by atoms with Gasteiger partial charge in [-0.25, -0.2) is 0 Å². The summed E-state index contributed by atoms with van der Waals surface area (Å²) in [5, 5.41) is 41.7. The summed E-state index contributed by atoms with van der Waals surface area (Å²) in [4.78, 5) is 103. The molecular weight excluding hydrogens is 1510 g/mol. The van der Waals surface area contributed by atoms with E-state index in [9.17, 15) is 48.3 Å². The van der Waals surface area contributed by atoms with Gasteiger partial charge in [0.25, 0.3) is 0 Å². The Morgan fingerprint density at radius 1 is 0.336 bits per heavy atom. The predicted octanol–water partition coefficient (Wildman–Crippen LogP) is 15.6. The molecule has 2 heterocycles. The van der Waals surface area contributed by atoms with Crippen molar-refractivity contribution in [3.63, 3.8) is 0 Å². The second-order valence-corrected chi connectivity index (χ2v) is 73.4. The van der Waals surface area contributed by atoms with Crippen LogP contribution in [0.2, 0.25) is 154 Å². The molecule has 2 saturated heterocycles. The first-order chi connectivity index (χ1) is 50.7. The van der Waals surface area contributed by atoms with Gasteiger partial charge < -0.3 is 68.2 Å². The molecular formula is C81H156O23Si6. The number of carbonyl (C=O) groups excluding carboxylic acids is 8. The van der Waals surface area contributed by atoms with Crippen molar-refractivity contribution in [3.05, 3.63) is 0 Å². The van der Waals surface area contributed by atoms with Gasteiger partial charge in [-0.1, -0.05) is 118 Å². The van der Waals surface area contributed by atoms with Gasteiger partial charge in [0.05, 0.1) is 113 Å². The molecule has 642 valence electrons. The van der Waals surface area contributed by atoms with Gasteiger partial charge in [0.1, 0.15) is 17.3 Å². The molecule has 29 heteroatoms. The second-order valence-electron chi connectivity index (χ2n) is 39.7. The Morgan fingerprint density at radius 3 is 0.882 bits per heavy atom. The Hall–Kier alpha value is -3.19. The average molecular weight is 1670 g/mol. The smallest absolute Gasteiger partial charge is 0.311 e. The van der Waals surface area contributed by atoms with Crippen LogP contribution in [-0.4, -0.2) is 224 Å². The zero-order chi connectivity index (χ0) is 84.1. The van der Waals surface area contributed by atoms with Gasteiger partial charge in [-0.05, 0) is 147 Å². The Balaban J connectivity index is 0.000000647. The third-order valence-electron chi connectivity index (χ3n) is 21.5. The van der Waals surface area contributed by atoms with Crippen molar-refractivity contribution in [1.29, 1.82) is 0 Å². The number of esters is 5. The second kappa shape index (κ2) is 49.8. The van der Waals surface area contributed by atoms with Crippen LogP contribution in [0.15, 0.2) is 0 Å². The van der Waals surface area contributed by atoms with Gasteiger partial charge in [-0.15, -0.1) is 0 Å². The molecule has 0 bridgehead atoms. The van der Waals surface area contributed by atoms with Crippen LogP contribution in [0.4, 0.5) is 0 Å². The minimum absolute atomic E-state index is 0.0221. The number of aliphatic hydroxyl groups excluding tert-OH is 4. The number of carboxylic acids is 1. The minimum Gasteiger partial charge on any atom is -0.481 e. The van der Waals surface area contributed by atoms with E-state index in [0.717, 1.165) is 113 Å². The fourth-order valence-corrected chi connectivity index (χ4v) is 16.9. The largest absolute Gasteiger partial charge is 0.481 e. The van der Waals surface area contributed by atoms with Crippen molar-refractivity contribution in [3.8, 4) is 0 Å². The summed E-state index contributed by atoms with van der Waals surface area (Å²) in [7, 11) is -6.55. The highest BCUT2D eigenvalue weighted by Crippen LogP contribution is 2.46. The van der Waals surface area contributed by atoms with E-state index >= 15 is 0 Å². The molecule has 8 fully saturated rings. The summed E-state index contributed by atoms with van der Waals surface area (Å²) < 4.78 is 49.8. The van der Waals surface area contributed by atoms with Crippen LogP contribution in [0.25, 0.3) is 0 Å². The van der Waals surface area contributed by atoms with Crippen molar-refractivity contribution >= 4 is 102 Å². The van der Waals surface area contributed by atoms with Crippen molar-refractivity contribution in [2.75, 3.05) is 79.3 Å². The van der Waals surface area contributed by atoms with Gasteiger partial charge in [0, 0.05) is 119 Å². The number of aliphatic hydroxyl groups is 4. The molecule has 0 aromatic carbocycles. The van der Waals surface area contributed by atoms with Gasteiger partial charge in [0.15, 0.2) is 11.6 Å². The van der Waals surface area contributed by atoms with E-state index in [4.69, 9.17) is 63.1 Å². The van der Waals surface area contributed by atoms with Crippen LogP contribution < -0.4 is 0 Å². The molecule has 8 aliphatic rings. The molecule has 8 rings (SSSR count). The topological polar surface area (TPSA) is 338 Å². The van der Waals surface area contributed by atoms with Crippen molar-refractivity contribution < 1.29 is 111 Å². The molecule has 2 spiro atoms. The van der Waals surface area contributed by atoms with E-state index in [1.807, 2.05) is 20.8 Å². The van der Waals surface area contributed by atoms with Crippen LogP contribution in [0.1, 0.15) is 175 Å². The standard InChI is InChI=1S/C15H28O4Si.C14H26O4Si.C13H26O3Si.C13H24O3Si.C12H22O3Si.C7H10O3.C5H14OSi.C2H6O2/c1-14(13(16)17-11-12-20(2,3)4)5-7-15(8-6-14)18-9-10-19-15;1-19(2,3)11-10-16-13(15)12-4-6-14(7-5-12)17-8-9-18-14;2*1-13(7-5-11(14)6-8-13)12(15)16-9-10-17(2,3)4;1-16(2,3)9-8-15-12(14)10-4-6-11(13)7-5-10;8-6-3-1-5(2-4-6)7(9)10;1-7(2,3)5-4-6;3-1-2-4/h5-12H2,1-4H3;12H,4-11H2,1-3H3;11,14H,5-10H2,1-4H3;5-10H2,1-4H3;10H,4-9H2,1-3H3;5H,1-4H2,(H,9,10);6H,4-5H2,1-3H3;3-4H,1-2H2. The Bertz CT molecular complexity index is 2690. The number of carbonyl (C=O) groups is 9. The van der Waals surface area contributed by atoms with Gasteiger partial charge >= 0.3 is 35.8 Å². The lowest BCUT2D eigenvalue weighted by molar-refractivity contribution is -0.197. The molecule has 6 aliphatic carbocycles. The van der Waals surface area contributed by atoms with Crippen molar-refractivity contribution in [2.24, 2.45) is 34.0 Å². The van der Waals surface area contributed by atoms with E-state index < -0.39 is 65.6 Å². The molecule has 110 heavy (non-hydrogen) atoms. The van der Waals surface area contributed by atoms with Crippen LogP contribution in [-0.2, 0) is 85.8 Å². The SMILES string of the molecule is CC1(C(=O)OCC[Si](C)(C)C)CCC(=O)CC1.CC1(C(=O)OCC[Si](C)(C)C)CCC(O)CC1.CC1(C(=O)OCC[Si](C)(C)C)CCC2(CC1)OCCO2.C[Si](C)(C)CCO.C[Si](C)(C)CCOC(=O)C1CCC(=O)CC1.C[Si](C)(C)CCOC(=O)C1CCC2(CC1)OCCO2.O=C1CCC(C(=O)O)CC1.OCCO. The third-order valence-corrected chi connectivity index (χ3v) is 31.7. The highest BCUT2D eigenvalue weighted by atomic mass is 28.3. The van der Waals surface area contributed by atoms with Gasteiger partial charge in [-0.2, -0.15) is 0 Å². The van der Waals surface area contributed by atoms with Crippen molar-refractivity contribution in [2.45, 2.75) is 347 Å². The maximum atomic E-state index is 12.3. The predicted molar refractivity (Wildman–Crippen MR) is 449 cm³/mol. The van der Waals surface area contributed by atoms with E-state index in [0.29, 0.717) is 143 Å². The number of hydrogen-bond donors (Lipinski definition) is 5. The summed E-state index contributed by atoms with van der Waals surface area (Å²) in [6.45, 7) is 52.5. The number of Topliss-reactive ketones (excluding diaryl/α,β-unsaturated/α-hetero) is 3. The molecule has 0 atom stereocenters. The first-order valence-corrected chi connectivity index (χ1v) is 63.6. The molecule has 5 N–H and O–H groups in total. The monoisotopic (exact) mass is 1660 g/mol. The molecule has 6 saturated carbocycles. The Morgan fingerprint density at radius 2 is 0.600 bits per heavy atom. The molecule has 23 nitrogen and oxygen atoms in total. The van der Waals surface area contributed by atoms with Gasteiger partial charge in [-0.3, -0.25) is 43.2 Å². The number of aliphatic carboxylic acids is 1. The Labute approximate surface area is 669 Å². The zero-order valence-corrected chi connectivity index (χ0v) is 78.6. The summed E-state index contributed by atoms with van der Waals surface area (Å²) in [6, 6.07) is 6.16. The molecule has 0 radical (unpaired) electrons. The third kappa shape index (κ3) is 47.1. The lowest BCUT2D eigenvalue weighted by Crippen LogP contribution is -2.43. The minimum atomic E-state index is -1.14. The molecule has 0 aromatic rings. The number of carboxylic acid groups (broad SMARTS) is 1. The summed E-state index contributed by atoms with van der Waals surface area (Å²) >= 11 is 0. The highest BCUT2D eigenvalue weighted by Gasteiger charge is 2.49. The van der Waals surface area contributed by atoms with E-state index in [2.05, 4.69) is 118 Å². The summed E-state index contributed by atoms with van der Waals surface area (Å²) in [5.41, 5.74) is -1.15. The summed E-state index contributed by atoms with van der Waals surface area (Å²) in [5.74, 6) is -1.36. The fraction of sp³-hybridized carbons (Fsp3) is 0.889. The fourth-order valence-electron chi connectivity index (χ4n) is 12.7. The number of ether oxygens (including phenoxy) is 9. The van der Waals surface area contributed by atoms with Crippen LogP contribution >= 0.6 is 0 Å². The normalized spacial score (nSPS) is 22.5. The maximum absolute atomic E-state index is 12.3. The molecule has 0 unspecified atom stereocenters. The number of ketones is 3. The lowest BCUT2D eigenvalue weighted by Gasteiger charge is -2.40.